The van der Waals surface area contributed by atoms with Crippen LogP contribution in [0.15, 0.2) is 39.5 Å². The molecule has 0 spiro atoms. The minimum absolute atomic E-state index is 0.00699. The first-order valence-electron chi connectivity index (χ1n) is 8.44. The number of carbonyl (C=O) groups is 1. The van der Waals surface area contributed by atoms with Crippen LogP contribution in [-0.4, -0.2) is 22.3 Å². The number of aromatic carboxylic acids is 1. The highest BCUT2D eigenvalue weighted by molar-refractivity contribution is 5.97. The molecule has 3 aromatic rings. The van der Waals surface area contributed by atoms with Crippen molar-refractivity contribution in [2.75, 3.05) is 0 Å². The second-order valence-electron chi connectivity index (χ2n) is 6.43. The highest BCUT2D eigenvalue weighted by atomic mass is 16.5. The minimum atomic E-state index is -1.12. The van der Waals surface area contributed by atoms with Crippen LogP contribution in [0, 0.1) is 0 Å². The Labute approximate surface area is 149 Å². The number of aliphatic hydroxyl groups excluding tert-OH is 1. The van der Waals surface area contributed by atoms with Crippen molar-refractivity contribution in [1.82, 2.24) is 0 Å². The van der Waals surface area contributed by atoms with E-state index in [9.17, 15) is 14.7 Å². The van der Waals surface area contributed by atoms with Crippen LogP contribution < -0.4 is 10.2 Å². The molecule has 6 heteroatoms. The fourth-order valence-corrected chi connectivity index (χ4v) is 2.85. The Balaban J connectivity index is 2.39. The van der Waals surface area contributed by atoms with E-state index >= 15 is 0 Å². The molecule has 2 N–H and O–H groups in total. The van der Waals surface area contributed by atoms with Crippen molar-refractivity contribution in [3.63, 3.8) is 0 Å². The van der Waals surface area contributed by atoms with Gasteiger partial charge in [0.2, 0.25) is 5.43 Å². The summed E-state index contributed by atoms with van der Waals surface area (Å²) in [5.74, 6) is -0.744. The van der Waals surface area contributed by atoms with Crippen LogP contribution in [0.5, 0.6) is 5.75 Å². The molecule has 0 aliphatic rings. The quantitative estimate of drug-likeness (QED) is 0.674. The van der Waals surface area contributed by atoms with Crippen molar-refractivity contribution in [2.24, 2.45) is 0 Å². The summed E-state index contributed by atoms with van der Waals surface area (Å²) in [6, 6.07) is 7.41. The molecule has 3 rings (SSSR count). The monoisotopic (exact) mass is 356 g/mol. The molecule has 0 amide bonds. The Kier molecular flexibility index (Phi) is 4.70. The molecule has 0 saturated carbocycles. The molecule has 6 nitrogen and oxygen atoms in total. The zero-order valence-corrected chi connectivity index (χ0v) is 14.8. The number of rotatable bonds is 5. The zero-order chi connectivity index (χ0) is 19.0. The van der Waals surface area contributed by atoms with Crippen molar-refractivity contribution in [3.05, 3.63) is 51.7 Å². The molecule has 0 bridgehead atoms. The van der Waals surface area contributed by atoms with E-state index < -0.39 is 12.1 Å². The third-order valence-corrected chi connectivity index (χ3v) is 4.14. The van der Waals surface area contributed by atoms with Gasteiger partial charge in [-0.2, -0.15) is 0 Å². The second kappa shape index (κ2) is 6.80. The van der Waals surface area contributed by atoms with Gasteiger partial charge in [0.05, 0.1) is 28.5 Å². The van der Waals surface area contributed by atoms with E-state index in [1.165, 1.54) is 18.2 Å². The van der Waals surface area contributed by atoms with E-state index in [1.54, 1.807) is 12.1 Å². The Morgan fingerprint density at radius 1 is 1.19 bits per heavy atom. The van der Waals surface area contributed by atoms with Gasteiger partial charge in [-0.25, -0.2) is 4.79 Å². The summed E-state index contributed by atoms with van der Waals surface area (Å²) >= 11 is 0. The summed E-state index contributed by atoms with van der Waals surface area (Å²) in [6.07, 6.45) is -0.411. The van der Waals surface area contributed by atoms with Crippen LogP contribution in [0.3, 0.4) is 0 Å². The average molecular weight is 356 g/mol. The summed E-state index contributed by atoms with van der Waals surface area (Å²) in [5.41, 5.74) is 0.767. The Morgan fingerprint density at radius 3 is 2.54 bits per heavy atom. The first kappa shape index (κ1) is 17.9. The number of fused-ring (bicyclic) bond motifs is 2. The first-order valence-corrected chi connectivity index (χ1v) is 8.44. The fraction of sp³-hybridized carbons (Fsp3) is 0.300. The maximum atomic E-state index is 13.0. The van der Waals surface area contributed by atoms with Crippen LogP contribution in [0.25, 0.3) is 21.9 Å². The number of hydrogen-bond acceptors (Lipinski definition) is 5. The fourth-order valence-electron chi connectivity index (χ4n) is 2.85. The Morgan fingerprint density at radius 2 is 1.92 bits per heavy atom. The van der Waals surface area contributed by atoms with E-state index in [4.69, 9.17) is 14.3 Å². The van der Waals surface area contributed by atoms with Crippen LogP contribution in [0.4, 0.5) is 0 Å². The molecule has 0 aliphatic carbocycles. The lowest BCUT2D eigenvalue weighted by atomic mass is 10.0. The van der Waals surface area contributed by atoms with Gasteiger partial charge in [0.1, 0.15) is 5.58 Å². The molecule has 0 aliphatic heterocycles. The summed E-state index contributed by atoms with van der Waals surface area (Å²) in [4.78, 5) is 24.2. The molecule has 1 aromatic heterocycles. The summed E-state index contributed by atoms with van der Waals surface area (Å²) < 4.78 is 11.7. The molecule has 2 aromatic carbocycles. The molecule has 1 unspecified atom stereocenters. The highest BCUT2D eigenvalue weighted by Gasteiger charge is 2.18. The van der Waals surface area contributed by atoms with Gasteiger partial charge in [0, 0.05) is 0 Å². The predicted molar refractivity (Wildman–Crippen MR) is 98.0 cm³/mol. The molecule has 26 heavy (non-hydrogen) atoms. The molecular weight excluding hydrogens is 336 g/mol. The molecule has 0 fully saturated rings. The lowest BCUT2D eigenvalue weighted by Crippen LogP contribution is -2.10. The van der Waals surface area contributed by atoms with E-state index in [0.29, 0.717) is 17.7 Å². The average Bonchev–Trinajstić information content (AvgIpc) is 2.60. The number of benzene rings is 2. The van der Waals surface area contributed by atoms with Gasteiger partial charge in [-0.15, -0.1) is 0 Å². The largest absolute Gasteiger partial charge is 0.487 e. The van der Waals surface area contributed by atoms with Gasteiger partial charge in [0.15, 0.2) is 11.3 Å². The number of hydrogen-bond donors (Lipinski definition) is 2. The molecule has 1 heterocycles. The molecule has 136 valence electrons. The third-order valence-electron chi connectivity index (χ3n) is 4.14. The Bertz CT molecular complexity index is 1050. The number of ether oxygens (including phenoxy) is 1. The number of carboxylic acids is 1. The van der Waals surface area contributed by atoms with Crippen molar-refractivity contribution < 1.29 is 24.2 Å². The van der Waals surface area contributed by atoms with Crippen molar-refractivity contribution in [3.8, 4) is 5.75 Å². The molecular formula is C20H20O6. The summed E-state index contributed by atoms with van der Waals surface area (Å²) in [5, 5.41) is 19.8. The first-order chi connectivity index (χ1) is 12.3. The van der Waals surface area contributed by atoms with E-state index in [2.05, 4.69) is 0 Å². The van der Waals surface area contributed by atoms with E-state index in [1.807, 2.05) is 20.8 Å². The van der Waals surface area contributed by atoms with Gasteiger partial charge in [-0.3, -0.25) is 4.79 Å². The SMILES string of the molecule is CCC(O)c1cc(OC(C)C)c2oc3ccc(C(=O)O)cc3c(=O)c2c1. The van der Waals surface area contributed by atoms with Gasteiger partial charge >= 0.3 is 5.97 Å². The van der Waals surface area contributed by atoms with E-state index in [-0.39, 0.29) is 39.0 Å². The molecule has 0 saturated heterocycles. The van der Waals surface area contributed by atoms with Gasteiger partial charge in [-0.1, -0.05) is 6.92 Å². The predicted octanol–water partition coefficient (Wildman–Crippen LogP) is 3.88. The van der Waals surface area contributed by atoms with Gasteiger partial charge in [-0.05, 0) is 56.2 Å². The standard InChI is InChI=1S/C20H20O6/c1-4-15(21)12-8-14-18(22)13-7-11(20(23)24)5-6-16(13)26-19(14)17(9-12)25-10(2)3/h5-10,15,21H,4H2,1-3H3,(H,23,24). The molecule has 0 radical (unpaired) electrons. The summed E-state index contributed by atoms with van der Waals surface area (Å²) in [7, 11) is 0. The van der Waals surface area contributed by atoms with Gasteiger partial charge in [0.25, 0.3) is 0 Å². The number of aliphatic hydroxyl groups is 1. The smallest absolute Gasteiger partial charge is 0.335 e. The van der Waals surface area contributed by atoms with Crippen LogP contribution in [0.1, 0.15) is 49.2 Å². The normalized spacial score (nSPS) is 12.7. The van der Waals surface area contributed by atoms with Crippen LogP contribution >= 0.6 is 0 Å². The Hall–Kier alpha value is -2.86. The summed E-state index contributed by atoms with van der Waals surface area (Å²) in [6.45, 7) is 5.54. The zero-order valence-electron chi connectivity index (χ0n) is 14.8. The lowest BCUT2D eigenvalue weighted by Gasteiger charge is -2.16. The van der Waals surface area contributed by atoms with Crippen molar-refractivity contribution in [2.45, 2.75) is 39.4 Å². The maximum Gasteiger partial charge on any atom is 0.335 e. The van der Waals surface area contributed by atoms with Crippen LogP contribution in [0.2, 0.25) is 0 Å². The van der Waals surface area contributed by atoms with Crippen molar-refractivity contribution in [1.29, 1.82) is 0 Å². The topological polar surface area (TPSA) is 97.0 Å². The van der Waals surface area contributed by atoms with E-state index in [0.717, 1.165) is 0 Å². The highest BCUT2D eigenvalue weighted by Crippen LogP contribution is 2.32. The van der Waals surface area contributed by atoms with Crippen LogP contribution in [-0.2, 0) is 0 Å². The van der Waals surface area contributed by atoms with Gasteiger partial charge < -0.3 is 19.4 Å². The number of carboxylic acid groups (broad SMARTS) is 1. The lowest BCUT2D eigenvalue weighted by molar-refractivity contribution is 0.0697. The minimum Gasteiger partial charge on any atom is -0.487 e. The second-order valence-corrected chi connectivity index (χ2v) is 6.43. The van der Waals surface area contributed by atoms with Crippen molar-refractivity contribution >= 4 is 27.9 Å². The molecule has 1 atom stereocenters. The third kappa shape index (κ3) is 3.15. The maximum absolute atomic E-state index is 13.0.